The van der Waals surface area contributed by atoms with Gasteiger partial charge in [-0.3, -0.25) is 28.8 Å². The van der Waals surface area contributed by atoms with E-state index in [-0.39, 0.29) is 108 Å². The Morgan fingerprint density at radius 1 is 0.424 bits per heavy atom. The van der Waals surface area contributed by atoms with E-state index in [1.54, 1.807) is 0 Å². The Bertz CT molecular complexity index is 1090. The van der Waals surface area contributed by atoms with Crippen LogP contribution < -0.4 is 26.6 Å². The van der Waals surface area contributed by atoms with Gasteiger partial charge in [0, 0.05) is 39.0 Å². The molecule has 0 radical (unpaired) electrons. The molecule has 0 fully saturated rings. The Kier molecular flexibility index (Phi) is 41.1. The van der Waals surface area contributed by atoms with E-state index in [4.69, 9.17) is 24.1 Å². The van der Waals surface area contributed by atoms with Crippen LogP contribution in [0.2, 0.25) is 0 Å². The average Bonchev–Trinajstić information content (AvgIpc) is 3.21. The van der Waals surface area contributed by atoms with Crippen molar-refractivity contribution in [2.24, 2.45) is 0 Å². The van der Waals surface area contributed by atoms with Crippen molar-refractivity contribution in [3.05, 3.63) is 0 Å². The van der Waals surface area contributed by atoms with Crippen LogP contribution >= 0.6 is 15.9 Å². The zero-order valence-corrected chi connectivity index (χ0v) is 37.1. The molecule has 0 heterocycles. The van der Waals surface area contributed by atoms with Crippen LogP contribution in [0.25, 0.3) is 0 Å². The van der Waals surface area contributed by atoms with Crippen LogP contribution in [-0.2, 0) is 47.7 Å². The molecule has 0 aromatic carbocycles. The Labute approximate surface area is 360 Å². The number of rotatable bonds is 45. The highest BCUT2D eigenvalue weighted by Crippen LogP contribution is 2.14. The van der Waals surface area contributed by atoms with Crippen molar-refractivity contribution in [3.8, 4) is 0 Å². The van der Waals surface area contributed by atoms with Crippen molar-refractivity contribution in [1.29, 1.82) is 0 Å². The number of carboxylic acids is 2. The molecule has 0 aliphatic heterocycles. The summed E-state index contributed by atoms with van der Waals surface area (Å²) in [5, 5.41) is 32.1. The van der Waals surface area contributed by atoms with Gasteiger partial charge in [-0.25, -0.2) is 0 Å². The van der Waals surface area contributed by atoms with Crippen molar-refractivity contribution in [2.75, 3.05) is 90.9 Å². The third kappa shape index (κ3) is 43.0. The van der Waals surface area contributed by atoms with E-state index in [1.165, 1.54) is 70.6 Å². The molecular weight excluding hydrogens is 834 g/mol. The average molecular weight is 911 g/mol. The lowest BCUT2D eigenvalue weighted by atomic mass is 10.0. The molecule has 0 unspecified atom stereocenters. The van der Waals surface area contributed by atoms with Gasteiger partial charge in [0.05, 0.1) is 45.0 Å². The number of aliphatic carboxylic acids is 2. The predicted molar refractivity (Wildman–Crippen MR) is 229 cm³/mol. The van der Waals surface area contributed by atoms with Crippen LogP contribution in [0.3, 0.4) is 0 Å². The van der Waals surface area contributed by atoms with Crippen molar-refractivity contribution in [3.63, 3.8) is 0 Å². The summed E-state index contributed by atoms with van der Waals surface area (Å²) < 4.78 is 21.3. The summed E-state index contributed by atoms with van der Waals surface area (Å²) in [6.07, 6.45) is 20.7. The normalized spacial score (nSPS) is 11.5. The topological polar surface area (TPSA) is 240 Å². The molecule has 59 heavy (non-hydrogen) atoms. The molecule has 4 amide bonds. The SMILES string of the molecule is O=C(O)CCCCCCCCCCCCCCCCCCCN[C@@H](CCC(=O)NCCOCCOCC(=O)NCCOCCOCC(=O)NCCNC(=O)CBr)C(=O)O. The van der Waals surface area contributed by atoms with Crippen LogP contribution in [0.15, 0.2) is 0 Å². The summed E-state index contributed by atoms with van der Waals surface area (Å²) in [6.45, 7) is 2.99. The second kappa shape index (κ2) is 43.2. The maximum atomic E-state index is 12.2. The monoisotopic (exact) mass is 909 g/mol. The minimum absolute atomic E-state index is 0.0966. The summed E-state index contributed by atoms with van der Waals surface area (Å²) in [7, 11) is 0. The largest absolute Gasteiger partial charge is 0.481 e. The summed E-state index contributed by atoms with van der Waals surface area (Å²) >= 11 is 3.03. The molecule has 0 aromatic heterocycles. The smallest absolute Gasteiger partial charge is 0.320 e. The van der Waals surface area contributed by atoms with Crippen molar-refractivity contribution in [2.45, 2.75) is 134 Å². The standard InChI is InChI=1S/C41H76BrN5O12/c42-32-37(49)44-22-23-45-38(50)33-58-30-29-57-27-25-47-39(51)34-59-31-28-56-26-24-46-36(48)20-19-35(41(54)55)43-21-17-15-13-11-9-7-5-3-1-2-4-6-8-10-12-14-16-18-40(52)53/h35,43H,1-34H2,(H,44,49)(H,45,50)(H,46,48)(H,47,51)(H,52,53)(H,54,55)/t35-/m0/s1. The summed E-state index contributed by atoms with van der Waals surface area (Å²) in [4.78, 5) is 68.9. The van der Waals surface area contributed by atoms with Crippen LogP contribution in [0.5, 0.6) is 0 Å². The zero-order chi connectivity index (χ0) is 43.4. The lowest BCUT2D eigenvalue weighted by molar-refractivity contribution is -0.140. The maximum absolute atomic E-state index is 12.2. The first kappa shape index (κ1) is 56.1. The number of carboxylic acid groups (broad SMARTS) is 2. The summed E-state index contributed by atoms with van der Waals surface area (Å²) in [5.41, 5.74) is 0. The number of carbonyl (C=O) groups excluding carboxylic acids is 4. The van der Waals surface area contributed by atoms with Crippen molar-refractivity contribution in [1.82, 2.24) is 26.6 Å². The molecule has 0 aromatic rings. The molecule has 0 spiro atoms. The number of hydrogen-bond acceptors (Lipinski definition) is 11. The minimum Gasteiger partial charge on any atom is -0.481 e. The molecule has 0 bridgehead atoms. The molecule has 7 N–H and O–H groups in total. The second-order valence-electron chi connectivity index (χ2n) is 14.4. The molecule has 0 aliphatic rings. The predicted octanol–water partition coefficient (Wildman–Crippen LogP) is 3.84. The van der Waals surface area contributed by atoms with E-state index in [2.05, 4.69) is 42.5 Å². The molecule has 0 saturated carbocycles. The maximum Gasteiger partial charge on any atom is 0.320 e. The van der Waals surface area contributed by atoms with Gasteiger partial charge in [-0.2, -0.15) is 0 Å². The third-order valence-electron chi connectivity index (χ3n) is 9.15. The van der Waals surface area contributed by atoms with E-state index in [9.17, 15) is 33.9 Å². The van der Waals surface area contributed by atoms with E-state index < -0.39 is 18.0 Å². The number of ether oxygens (including phenoxy) is 4. The number of hydrogen-bond donors (Lipinski definition) is 7. The highest BCUT2D eigenvalue weighted by molar-refractivity contribution is 9.09. The van der Waals surface area contributed by atoms with E-state index in [0.717, 1.165) is 38.5 Å². The van der Waals surface area contributed by atoms with Gasteiger partial charge in [-0.15, -0.1) is 0 Å². The number of nitrogens with one attached hydrogen (secondary N) is 5. The van der Waals surface area contributed by atoms with Gasteiger partial charge in [0.1, 0.15) is 19.3 Å². The van der Waals surface area contributed by atoms with Crippen LogP contribution in [0.1, 0.15) is 128 Å². The Hall–Kier alpha value is -2.90. The van der Waals surface area contributed by atoms with Crippen molar-refractivity contribution < 1.29 is 57.9 Å². The minimum atomic E-state index is -0.957. The highest BCUT2D eigenvalue weighted by Gasteiger charge is 2.17. The molecular formula is C41H76BrN5O12. The fourth-order valence-corrected chi connectivity index (χ4v) is 6.05. The van der Waals surface area contributed by atoms with Gasteiger partial charge >= 0.3 is 11.9 Å². The molecule has 0 saturated heterocycles. The molecule has 344 valence electrons. The Balaban J connectivity index is 3.54. The van der Waals surface area contributed by atoms with Gasteiger partial charge in [0.2, 0.25) is 23.6 Å². The number of carbonyl (C=O) groups is 6. The van der Waals surface area contributed by atoms with Gasteiger partial charge in [0.25, 0.3) is 0 Å². The first-order valence-corrected chi connectivity index (χ1v) is 22.9. The first-order chi connectivity index (χ1) is 28.6. The molecule has 0 aliphatic carbocycles. The Morgan fingerprint density at radius 2 is 0.814 bits per heavy atom. The number of alkyl halides is 1. The lowest BCUT2D eigenvalue weighted by Gasteiger charge is -2.14. The van der Waals surface area contributed by atoms with Gasteiger partial charge in [0.15, 0.2) is 0 Å². The summed E-state index contributed by atoms with van der Waals surface area (Å²) in [5.74, 6) is -2.65. The zero-order valence-electron chi connectivity index (χ0n) is 35.5. The quantitative estimate of drug-likeness (QED) is 0.0340. The second-order valence-corrected chi connectivity index (χ2v) is 15.0. The number of unbranched alkanes of at least 4 members (excludes halogenated alkanes) is 16. The van der Waals surface area contributed by atoms with Crippen molar-refractivity contribution >= 4 is 51.5 Å². The fourth-order valence-electron chi connectivity index (χ4n) is 5.85. The highest BCUT2D eigenvalue weighted by atomic mass is 79.9. The molecule has 1 atom stereocenters. The van der Waals surface area contributed by atoms with E-state index in [0.29, 0.717) is 26.1 Å². The van der Waals surface area contributed by atoms with Crippen LogP contribution in [0, 0.1) is 0 Å². The molecule has 0 rings (SSSR count). The van der Waals surface area contributed by atoms with E-state index >= 15 is 0 Å². The van der Waals surface area contributed by atoms with Crippen LogP contribution in [0.4, 0.5) is 0 Å². The lowest BCUT2D eigenvalue weighted by Crippen LogP contribution is -2.38. The third-order valence-corrected chi connectivity index (χ3v) is 9.66. The molecule has 17 nitrogen and oxygen atoms in total. The van der Waals surface area contributed by atoms with Crippen LogP contribution in [-0.4, -0.2) is 143 Å². The summed E-state index contributed by atoms with van der Waals surface area (Å²) in [6, 6.07) is -0.765. The molecule has 18 heteroatoms. The van der Waals surface area contributed by atoms with Gasteiger partial charge < -0.3 is 55.7 Å². The fraction of sp³-hybridized carbons (Fsp3) is 0.854. The van der Waals surface area contributed by atoms with Gasteiger partial charge in [-0.1, -0.05) is 112 Å². The van der Waals surface area contributed by atoms with Gasteiger partial charge in [-0.05, 0) is 25.8 Å². The first-order valence-electron chi connectivity index (χ1n) is 21.8. The number of amides is 4. The number of halogens is 1. The van der Waals surface area contributed by atoms with E-state index in [1.807, 2.05) is 0 Å². The Morgan fingerprint density at radius 3 is 1.25 bits per heavy atom.